The maximum absolute atomic E-state index is 6.66. The predicted octanol–water partition coefficient (Wildman–Crippen LogP) is 4.40. The first-order chi connectivity index (χ1) is 7.22. The molecule has 16 heavy (non-hydrogen) atoms. The first kappa shape index (κ1) is 13.2. The molecule has 0 aromatic heterocycles. The summed E-state index contributed by atoms with van der Waals surface area (Å²) in [6.45, 7) is 6.14. The van der Waals surface area contributed by atoms with Crippen molar-refractivity contribution in [3.8, 4) is 0 Å². The SMILES string of the molecule is CC(C)(C)C1(Cl)CC=C2OPOC2(Cl)C1Cl. The average Bonchev–Trinajstić information content (AvgIpc) is 2.54. The van der Waals surface area contributed by atoms with Gasteiger partial charge in [-0.3, -0.25) is 4.52 Å². The van der Waals surface area contributed by atoms with Crippen LogP contribution in [-0.2, 0) is 9.05 Å². The summed E-state index contributed by atoms with van der Waals surface area (Å²) in [6, 6.07) is 0. The van der Waals surface area contributed by atoms with E-state index in [0.29, 0.717) is 12.2 Å². The van der Waals surface area contributed by atoms with Crippen LogP contribution in [0.2, 0.25) is 0 Å². The van der Waals surface area contributed by atoms with Gasteiger partial charge >= 0.3 is 0 Å². The molecule has 1 aliphatic carbocycles. The normalized spacial score (nSPS) is 45.1. The summed E-state index contributed by atoms with van der Waals surface area (Å²) in [5, 5.41) is -1.63. The highest BCUT2D eigenvalue weighted by Gasteiger charge is 2.61. The van der Waals surface area contributed by atoms with Gasteiger partial charge in [-0.05, 0) is 17.9 Å². The van der Waals surface area contributed by atoms with Gasteiger partial charge in [0.25, 0.3) is 0 Å². The van der Waals surface area contributed by atoms with Crippen molar-refractivity contribution in [2.45, 2.75) is 42.5 Å². The van der Waals surface area contributed by atoms with Crippen molar-refractivity contribution in [1.29, 1.82) is 0 Å². The van der Waals surface area contributed by atoms with Gasteiger partial charge in [-0.25, -0.2) is 0 Å². The maximum atomic E-state index is 6.66. The minimum Gasteiger partial charge on any atom is -0.450 e. The lowest BCUT2D eigenvalue weighted by Crippen LogP contribution is -2.56. The van der Waals surface area contributed by atoms with E-state index in [2.05, 4.69) is 0 Å². The number of hydrogen-bond acceptors (Lipinski definition) is 2. The second kappa shape index (κ2) is 3.90. The van der Waals surface area contributed by atoms with Crippen molar-refractivity contribution in [2.24, 2.45) is 5.41 Å². The zero-order valence-corrected chi connectivity index (χ0v) is 12.6. The van der Waals surface area contributed by atoms with Crippen LogP contribution in [0, 0.1) is 5.41 Å². The summed E-state index contributed by atoms with van der Waals surface area (Å²) >= 11 is 19.5. The third-order valence-corrected chi connectivity index (χ3v) is 6.40. The van der Waals surface area contributed by atoms with Crippen LogP contribution in [0.3, 0.4) is 0 Å². The second-order valence-corrected chi connectivity index (χ2v) is 7.43. The van der Waals surface area contributed by atoms with Crippen LogP contribution in [0.4, 0.5) is 0 Å². The summed E-state index contributed by atoms with van der Waals surface area (Å²) in [5.74, 6) is 0.605. The molecule has 0 saturated carbocycles. The van der Waals surface area contributed by atoms with Crippen molar-refractivity contribution in [1.82, 2.24) is 0 Å². The van der Waals surface area contributed by atoms with Crippen LogP contribution >= 0.6 is 43.8 Å². The van der Waals surface area contributed by atoms with E-state index in [1.807, 2.05) is 26.8 Å². The zero-order chi connectivity index (χ0) is 12.2. The van der Waals surface area contributed by atoms with Gasteiger partial charge in [0.15, 0.2) is 0 Å². The molecule has 4 unspecified atom stereocenters. The summed E-state index contributed by atoms with van der Waals surface area (Å²) in [4.78, 5) is -0.641. The van der Waals surface area contributed by atoms with Crippen LogP contribution in [0.25, 0.3) is 0 Å². The molecule has 1 fully saturated rings. The fourth-order valence-electron chi connectivity index (χ4n) is 1.93. The van der Waals surface area contributed by atoms with Gasteiger partial charge in [0.2, 0.25) is 14.1 Å². The van der Waals surface area contributed by atoms with E-state index in [4.69, 9.17) is 43.9 Å². The molecule has 4 atom stereocenters. The van der Waals surface area contributed by atoms with Crippen LogP contribution in [0.15, 0.2) is 11.8 Å². The van der Waals surface area contributed by atoms with Crippen LogP contribution in [0.1, 0.15) is 27.2 Å². The first-order valence-electron chi connectivity index (χ1n) is 5.04. The lowest BCUT2D eigenvalue weighted by atomic mass is 9.72. The Hall–Kier alpha value is 0.800. The first-order valence-corrected chi connectivity index (χ1v) is 7.05. The molecule has 0 aromatic rings. The number of rotatable bonds is 0. The van der Waals surface area contributed by atoms with Crippen molar-refractivity contribution in [2.75, 3.05) is 0 Å². The molecular formula is C10H14Cl3O2P. The molecule has 0 radical (unpaired) electrons. The Labute approximate surface area is 113 Å². The largest absolute Gasteiger partial charge is 0.450 e. The molecule has 2 nitrogen and oxygen atoms in total. The summed E-state index contributed by atoms with van der Waals surface area (Å²) in [7, 11) is -0.104. The topological polar surface area (TPSA) is 18.5 Å². The quantitative estimate of drug-likeness (QED) is 0.488. The van der Waals surface area contributed by atoms with Gasteiger partial charge in [-0.2, -0.15) is 0 Å². The molecule has 1 heterocycles. The predicted molar refractivity (Wildman–Crippen MR) is 69.4 cm³/mol. The van der Waals surface area contributed by atoms with Gasteiger partial charge in [0, 0.05) is 0 Å². The Balaban J connectivity index is 2.43. The Morgan fingerprint density at radius 3 is 2.62 bits per heavy atom. The molecule has 0 amide bonds. The van der Waals surface area contributed by atoms with Crippen LogP contribution in [-0.4, -0.2) is 15.3 Å². The summed E-state index contributed by atoms with van der Waals surface area (Å²) in [6.07, 6.45) is 2.52. The number of allylic oxidation sites excluding steroid dienone is 1. The van der Waals surface area contributed by atoms with E-state index in [0.717, 1.165) is 0 Å². The molecule has 92 valence electrons. The Bertz CT molecular complexity index is 341. The number of halogens is 3. The lowest BCUT2D eigenvalue weighted by molar-refractivity contribution is 0.144. The summed E-state index contributed by atoms with van der Waals surface area (Å²) < 4.78 is 10.8. The Morgan fingerprint density at radius 2 is 2.06 bits per heavy atom. The Morgan fingerprint density at radius 1 is 1.44 bits per heavy atom. The van der Waals surface area contributed by atoms with E-state index < -0.39 is 15.3 Å². The highest BCUT2D eigenvalue weighted by molar-refractivity contribution is 7.27. The van der Waals surface area contributed by atoms with E-state index in [1.165, 1.54) is 0 Å². The van der Waals surface area contributed by atoms with Gasteiger partial charge in [0.05, 0.1) is 4.87 Å². The third kappa shape index (κ3) is 1.69. The monoisotopic (exact) mass is 302 g/mol. The highest BCUT2D eigenvalue weighted by Crippen LogP contribution is 2.60. The molecule has 0 spiro atoms. The number of hydrogen-bond donors (Lipinski definition) is 0. The molecule has 6 heteroatoms. The summed E-state index contributed by atoms with van der Waals surface area (Å²) in [5.41, 5.74) is -0.181. The fourth-order valence-corrected chi connectivity index (χ4v) is 4.03. The van der Waals surface area contributed by atoms with Crippen molar-refractivity contribution in [3.63, 3.8) is 0 Å². The molecule has 0 N–H and O–H groups in total. The minimum atomic E-state index is -1.10. The molecule has 1 saturated heterocycles. The van der Waals surface area contributed by atoms with Gasteiger partial charge in [-0.15, -0.1) is 23.2 Å². The van der Waals surface area contributed by atoms with Crippen LogP contribution < -0.4 is 0 Å². The van der Waals surface area contributed by atoms with E-state index in [-0.39, 0.29) is 14.4 Å². The van der Waals surface area contributed by atoms with Gasteiger partial charge < -0.3 is 4.52 Å². The molecule has 0 aromatic carbocycles. The van der Waals surface area contributed by atoms with E-state index in [9.17, 15) is 0 Å². The van der Waals surface area contributed by atoms with Gasteiger partial charge in [-0.1, -0.05) is 32.4 Å². The molecular weight excluding hydrogens is 289 g/mol. The zero-order valence-electron chi connectivity index (χ0n) is 9.31. The average molecular weight is 304 g/mol. The van der Waals surface area contributed by atoms with Crippen molar-refractivity contribution >= 4 is 43.8 Å². The second-order valence-electron chi connectivity index (χ2n) is 5.18. The smallest absolute Gasteiger partial charge is 0.223 e. The minimum absolute atomic E-state index is 0.104. The highest BCUT2D eigenvalue weighted by atomic mass is 35.5. The lowest BCUT2D eigenvalue weighted by Gasteiger charge is -2.48. The molecule has 0 bridgehead atoms. The standard InChI is InChI=1S/C10H14Cl3O2P/c1-8(2,3)9(12)5-4-6-10(13,7(9)11)15-16-14-6/h4,7,16H,5H2,1-3H3. The maximum Gasteiger partial charge on any atom is 0.223 e. The van der Waals surface area contributed by atoms with Gasteiger partial charge in [0.1, 0.15) is 11.1 Å². The Kier molecular flexibility index (Phi) is 3.22. The fraction of sp³-hybridized carbons (Fsp3) is 0.800. The van der Waals surface area contributed by atoms with Crippen molar-refractivity contribution < 1.29 is 9.05 Å². The molecule has 1 aliphatic heterocycles. The molecule has 2 aliphatic rings. The number of fused-ring (bicyclic) bond motifs is 1. The van der Waals surface area contributed by atoms with E-state index in [1.54, 1.807) is 0 Å². The third-order valence-electron chi connectivity index (χ3n) is 3.24. The van der Waals surface area contributed by atoms with Crippen LogP contribution in [0.5, 0.6) is 0 Å². The van der Waals surface area contributed by atoms with E-state index >= 15 is 0 Å². The molecule has 2 rings (SSSR count). The number of alkyl halides is 3. The van der Waals surface area contributed by atoms with Crippen molar-refractivity contribution in [3.05, 3.63) is 11.8 Å².